The Hall–Kier alpha value is -1.90. The normalized spacial score (nSPS) is 11.5. The van der Waals surface area contributed by atoms with Gasteiger partial charge in [-0.05, 0) is 44.9 Å². The van der Waals surface area contributed by atoms with Gasteiger partial charge in [-0.25, -0.2) is 13.1 Å². The third-order valence-corrected chi connectivity index (χ3v) is 5.30. The molecule has 1 amide bonds. The van der Waals surface area contributed by atoms with Crippen LogP contribution in [0.4, 0.5) is 5.69 Å². The third-order valence-electron chi connectivity index (χ3n) is 3.36. The van der Waals surface area contributed by atoms with E-state index >= 15 is 0 Å². The van der Waals surface area contributed by atoms with Gasteiger partial charge in [0.05, 0.1) is 17.3 Å². The first-order valence-electron chi connectivity index (χ1n) is 7.11. The summed E-state index contributed by atoms with van der Waals surface area (Å²) in [5.74, 6) is -0.364. The molecule has 2 N–H and O–H groups in total. The maximum absolute atomic E-state index is 12.3. The highest BCUT2D eigenvalue weighted by atomic mass is 35.5. The number of hydrogen-bond acceptors (Lipinski definition) is 5. The zero-order valence-corrected chi connectivity index (χ0v) is 15.3. The summed E-state index contributed by atoms with van der Waals surface area (Å²) in [7, 11) is -3.89. The molecule has 0 aliphatic rings. The SMILES string of the molecule is Cc1cc(C)c(NC(=O)CNS(=O)(=O)c2c(C)noc2C)c(Cl)c1. The highest BCUT2D eigenvalue weighted by Gasteiger charge is 2.24. The Kier molecular flexibility index (Phi) is 5.32. The number of nitrogens with one attached hydrogen (secondary N) is 2. The Labute approximate surface area is 145 Å². The first-order chi connectivity index (χ1) is 11.1. The number of benzene rings is 1. The second kappa shape index (κ2) is 6.92. The lowest BCUT2D eigenvalue weighted by molar-refractivity contribution is -0.115. The number of amides is 1. The van der Waals surface area contributed by atoms with Crippen molar-refractivity contribution in [3.8, 4) is 0 Å². The number of rotatable bonds is 5. The lowest BCUT2D eigenvalue weighted by atomic mass is 10.1. The summed E-state index contributed by atoms with van der Waals surface area (Å²) >= 11 is 6.12. The monoisotopic (exact) mass is 371 g/mol. The Bertz CT molecular complexity index is 848. The van der Waals surface area contributed by atoms with Crippen molar-refractivity contribution in [1.29, 1.82) is 0 Å². The van der Waals surface area contributed by atoms with Crippen LogP contribution in [0.15, 0.2) is 21.6 Å². The highest BCUT2D eigenvalue weighted by molar-refractivity contribution is 7.89. The fourth-order valence-electron chi connectivity index (χ4n) is 2.35. The van der Waals surface area contributed by atoms with E-state index in [1.807, 2.05) is 19.9 Å². The van der Waals surface area contributed by atoms with Crippen molar-refractivity contribution in [3.05, 3.63) is 39.7 Å². The molecule has 0 saturated heterocycles. The molecule has 0 fully saturated rings. The lowest BCUT2D eigenvalue weighted by Crippen LogP contribution is -2.33. The van der Waals surface area contributed by atoms with E-state index in [-0.39, 0.29) is 16.3 Å². The standard InChI is InChI=1S/C15H18ClN3O4S/c1-8-5-9(2)14(12(16)6-8)18-13(20)7-17-24(21,22)15-10(3)19-23-11(15)4/h5-6,17H,7H2,1-4H3,(H,18,20). The van der Waals surface area contributed by atoms with Crippen LogP contribution in [-0.4, -0.2) is 26.0 Å². The van der Waals surface area contributed by atoms with Gasteiger partial charge in [-0.2, -0.15) is 0 Å². The molecule has 0 radical (unpaired) electrons. The Morgan fingerprint density at radius 3 is 2.46 bits per heavy atom. The molecule has 0 aliphatic heterocycles. The lowest BCUT2D eigenvalue weighted by Gasteiger charge is -2.12. The zero-order valence-electron chi connectivity index (χ0n) is 13.7. The molecule has 0 aliphatic carbocycles. The molecule has 1 aromatic heterocycles. The maximum atomic E-state index is 12.3. The van der Waals surface area contributed by atoms with Crippen LogP contribution in [0, 0.1) is 27.7 Å². The maximum Gasteiger partial charge on any atom is 0.246 e. The van der Waals surface area contributed by atoms with Gasteiger partial charge in [0.25, 0.3) is 0 Å². The summed E-state index contributed by atoms with van der Waals surface area (Å²) in [5.41, 5.74) is 2.46. The van der Waals surface area contributed by atoms with Gasteiger partial charge in [0.15, 0.2) is 5.76 Å². The second-order valence-electron chi connectivity index (χ2n) is 5.46. The Morgan fingerprint density at radius 2 is 1.92 bits per heavy atom. The van der Waals surface area contributed by atoms with Gasteiger partial charge in [-0.1, -0.05) is 22.8 Å². The van der Waals surface area contributed by atoms with Crippen molar-refractivity contribution >= 4 is 33.2 Å². The second-order valence-corrected chi connectivity index (χ2v) is 7.58. The van der Waals surface area contributed by atoms with E-state index in [1.54, 1.807) is 6.07 Å². The number of carbonyl (C=O) groups excluding carboxylic acids is 1. The molecular formula is C15H18ClN3O4S. The minimum atomic E-state index is -3.89. The van der Waals surface area contributed by atoms with Crippen molar-refractivity contribution in [1.82, 2.24) is 9.88 Å². The van der Waals surface area contributed by atoms with Gasteiger partial charge in [0.1, 0.15) is 10.6 Å². The first-order valence-corrected chi connectivity index (χ1v) is 8.97. The highest BCUT2D eigenvalue weighted by Crippen LogP contribution is 2.27. The molecule has 0 atom stereocenters. The van der Waals surface area contributed by atoms with Crippen LogP contribution in [0.3, 0.4) is 0 Å². The molecule has 0 spiro atoms. The number of aromatic nitrogens is 1. The molecular weight excluding hydrogens is 354 g/mol. The van der Waals surface area contributed by atoms with Gasteiger partial charge < -0.3 is 9.84 Å². The predicted octanol–water partition coefficient (Wildman–Crippen LogP) is 2.48. The summed E-state index contributed by atoms with van der Waals surface area (Å²) in [6.45, 7) is 6.27. The minimum Gasteiger partial charge on any atom is -0.360 e. The molecule has 2 rings (SSSR count). The van der Waals surface area contributed by atoms with Crippen LogP contribution in [0.5, 0.6) is 0 Å². The number of anilines is 1. The Balaban J connectivity index is 2.09. The smallest absolute Gasteiger partial charge is 0.246 e. The number of sulfonamides is 1. The summed E-state index contributed by atoms with van der Waals surface area (Å²) < 4.78 is 31.6. The van der Waals surface area contributed by atoms with Crippen molar-refractivity contribution in [2.75, 3.05) is 11.9 Å². The van der Waals surface area contributed by atoms with E-state index in [1.165, 1.54) is 13.8 Å². The number of carbonyl (C=O) groups is 1. The molecule has 130 valence electrons. The predicted molar refractivity (Wildman–Crippen MR) is 90.7 cm³/mol. The van der Waals surface area contributed by atoms with E-state index in [2.05, 4.69) is 15.2 Å². The van der Waals surface area contributed by atoms with Gasteiger partial charge in [0.2, 0.25) is 15.9 Å². The van der Waals surface area contributed by atoms with E-state index in [0.29, 0.717) is 10.7 Å². The topological polar surface area (TPSA) is 101 Å². The average molecular weight is 372 g/mol. The van der Waals surface area contributed by atoms with Gasteiger partial charge >= 0.3 is 0 Å². The van der Waals surface area contributed by atoms with Crippen LogP contribution >= 0.6 is 11.6 Å². The summed E-state index contributed by atoms with van der Waals surface area (Å²) in [6.07, 6.45) is 0. The first kappa shape index (κ1) is 18.4. The molecule has 2 aromatic rings. The van der Waals surface area contributed by atoms with E-state index < -0.39 is 22.5 Å². The molecule has 9 heteroatoms. The van der Waals surface area contributed by atoms with E-state index in [0.717, 1.165) is 11.1 Å². The molecule has 1 heterocycles. The van der Waals surface area contributed by atoms with Gasteiger partial charge in [-0.3, -0.25) is 4.79 Å². The molecule has 0 unspecified atom stereocenters. The molecule has 0 saturated carbocycles. The van der Waals surface area contributed by atoms with Crippen LogP contribution in [0.1, 0.15) is 22.6 Å². The van der Waals surface area contributed by atoms with Crippen LogP contribution in [0.2, 0.25) is 5.02 Å². The zero-order chi connectivity index (χ0) is 18.1. The average Bonchev–Trinajstić information content (AvgIpc) is 2.80. The molecule has 7 nitrogen and oxygen atoms in total. The molecule has 1 aromatic carbocycles. The fourth-order valence-corrected chi connectivity index (χ4v) is 4.02. The fraction of sp³-hybridized carbons (Fsp3) is 0.333. The molecule has 0 bridgehead atoms. The van der Waals surface area contributed by atoms with Crippen molar-refractivity contribution in [3.63, 3.8) is 0 Å². The quantitative estimate of drug-likeness (QED) is 0.840. The van der Waals surface area contributed by atoms with Crippen LogP contribution < -0.4 is 10.0 Å². The van der Waals surface area contributed by atoms with E-state index in [9.17, 15) is 13.2 Å². The third kappa shape index (κ3) is 3.95. The number of aryl methyl sites for hydroxylation is 4. The number of halogens is 1. The van der Waals surface area contributed by atoms with Crippen molar-refractivity contribution in [2.24, 2.45) is 0 Å². The Morgan fingerprint density at radius 1 is 1.25 bits per heavy atom. The minimum absolute atomic E-state index is 0.0557. The largest absolute Gasteiger partial charge is 0.360 e. The summed E-state index contributed by atoms with van der Waals surface area (Å²) in [6, 6.07) is 3.59. The van der Waals surface area contributed by atoms with E-state index in [4.69, 9.17) is 16.1 Å². The molecule has 24 heavy (non-hydrogen) atoms. The summed E-state index contributed by atoms with van der Waals surface area (Å²) in [4.78, 5) is 12.0. The van der Waals surface area contributed by atoms with Gasteiger partial charge in [-0.15, -0.1) is 0 Å². The summed E-state index contributed by atoms with van der Waals surface area (Å²) in [5, 5.41) is 6.61. The van der Waals surface area contributed by atoms with Crippen molar-refractivity contribution in [2.45, 2.75) is 32.6 Å². The number of hydrogen-bond donors (Lipinski definition) is 2. The van der Waals surface area contributed by atoms with Crippen molar-refractivity contribution < 1.29 is 17.7 Å². The number of nitrogens with zero attached hydrogens (tertiary/aromatic N) is 1. The van der Waals surface area contributed by atoms with Gasteiger partial charge in [0, 0.05) is 0 Å². The van der Waals surface area contributed by atoms with Crippen LogP contribution in [0.25, 0.3) is 0 Å². The van der Waals surface area contributed by atoms with Crippen LogP contribution in [-0.2, 0) is 14.8 Å².